The van der Waals surface area contributed by atoms with E-state index in [-0.39, 0.29) is 40.4 Å². The molecule has 5 N–H and O–H groups in total. The zero-order valence-corrected chi connectivity index (χ0v) is 18.6. The largest absolute Gasteiger partial charge is 0.415 e. The van der Waals surface area contributed by atoms with Crippen LogP contribution in [0.15, 0.2) is 59.1 Å². The summed E-state index contributed by atoms with van der Waals surface area (Å²) < 4.78 is 31.0. The van der Waals surface area contributed by atoms with Gasteiger partial charge in [0.05, 0.1) is 28.8 Å². The lowest BCUT2D eigenvalue weighted by Gasteiger charge is -2.19. The summed E-state index contributed by atoms with van der Waals surface area (Å²) in [6, 6.07) is 12.9. The predicted molar refractivity (Wildman–Crippen MR) is 123 cm³/mol. The molecule has 0 unspecified atom stereocenters. The van der Waals surface area contributed by atoms with Crippen LogP contribution in [0.5, 0.6) is 0 Å². The van der Waals surface area contributed by atoms with Gasteiger partial charge in [-0.15, -0.1) is 10.2 Å². The lowest BCUT2D eigenvalue weighted by Crippen LogP contribution is -2.17. The zero-order valence-electron chi connectivity index (χ0n) is 17.8. The van der Waals surface area contributed by atoms with Gasteiger partial charge in [-0.2, -0.15) is 13.8 Å². The van der Waals surface area contributed by atoms with Crippen molar-refractivity contribution in [2.75, 3.05) is 17.2 Å². The number of nitrogens with two attached hydrogens (primary N) is 1. The first-order valence-corrected chi connectivity index (χ1v) is 10.5. The number of amides is 1. The molecule has 35 heavy (non-hydrogen) atoms. The van der Waals surface area contributed by atoms with Crippen molar-refractivity contribution in [1.82, 2.24) is 20.2 Å². The van der Waals surface area contributed by atoms with Gasteiger partial charge in [-0.3, -0.25) is 4.79 Å². The van der Waals surface area contributed by atoms with Crippen LogP contribution in [-0.4, -0.2) is 37.8 Å². The van der Waals surface area contributed by atoms with Crippen LogP contribution < -0.4 is 16.4 Å². The molecule has 13 heteroatoms. The molecule has 1 atom stereocenters. The van der Waals surface area contributed by atoms with E-state index in [1.165, 1.54) is 18.3 Å². The summed E-state index contributed by atoms with van der Waals surface area (Å²) in [7, 11) is 0. The quantitative estimate of drug-likeness (QED) is 0.265. The van der Waals surface area contributed by atoms with Crippen molar-refractivity contribution in [3.05, 3.63) is 76.8 Å². The first kappa shape index (κ1) is 24.0. The van der Waals surface area contributed by atoms with Crippen molar-refractivity contribution >= 4 is 35.0 Å². The predicted octanol–water partition coefficient (Wildman–Crippen LogP) is 4.11. The van der Waals surface area contributed by atoms with Gasteiger partial charge >= 0.3 is 6.43 Å². The number of aliphatic hydroxyl groups is 1. The second-order valence-electron chi connectivity index (χ2n) is 7.18. The second kappa shape index (κ2) is 10.4. The fourth-order valence-electron chi connectivity index (χ4n) is 3.15. The molecular weight excluding hydrogens is 484 g/mol. The van der Waals surface area contributed by atoms with Crippen LogP contribution in [0.3, 0.4) is 0 Å². The van der Waals surface area contributed by atoms with Gasteiger partial charge in [-0.1, -0.05) is 41.9 Å². The molecule has 0 aliphatic carbocycles. The van der Waals surface area contributed by atoms with Crippen LogP contribution in [0.4, 0.5) is 26.2 Å². The van der Waals surface area contributed by atoms with E-state index in [4.69, 9.17) is 21.8 Å². The number of alkyl halides is 2. The number of benzene rings is 2. The molecule has 0 fully saturated rings. The third-order valence-corrected chi connectivity index (χ3v) is 5.15. The molecule has 4 rings (SSSR count). The van der Waals surface area contributed by atoms with Gasteiger partial charge in [-0.25, -0.2) is 4.98 Å². The molecule has 1 amide bonds. The van der Waals surface area contributed by atoms with Crippen molar-refractivity contribution in [2.45, 2.75) is 12.5 Å². The molecule has 2 aromatic heterocycles. The van der Waals surface area contributed by atoms with E-state index in [2.05, 4.69) is 30.8 Å². The summed E-state index contributed by atoms with van der Waals surface area (Å²) in [4.78, 5) is 20.0. The molecule has 0 spiro atoms. The Morgan fingerprint density at radius 1 is 1.17 bits per heavy atom. The number of nitrogens with zero attached hydrogens (tertiary/aromatic N) is 4. The van der Waals surface area contributed by atoms with E-state index in [0.717, 1.165) is 5.56 Å². The molecule has 2 aromatic carbocycles. The van der Waals surface area contributed by atoms with Crippen molar-refractivity contribution < 1.29 is 23.1 Å². The number of aliphatic hydroxyl groups excluding tert-OH is 1. The monoisotopic (exact) mass is 501 g/mol. The van der Waals surface area contributed by atoms with E-state index in [1.807, 2.05) is 6.07 Å². The van der Waals surface area contributed by atoms with Crippen LogP contribution in [0.25, 0.3) is 11.5 Å². The smallest absolute Gasteiger partial charge is 0.314 e. The molecule has 4 aromatic rings. The molecule has 2 heterocycles. The standard InChI is InChI=1S/C22H18ClF2N7O3/c23-15-8-12(6-7-13(15)18(26)34)28-22-27-9-14(20-31-32-21(35-20)17(24)25)19(30-22)29-16(10-33)11-4-2-1-3-5-11/h1-9,16-17,33H,10H2,(H2,26,34)(H2,27,28,29,30)/t16-/m1/s1. The summed E-state index contributed by atoms with van der Waals surface area (Å²) in [6.07, 6.45) is -1.64. The van der Waals surface area contributed by atoms with Gasteiger partial charge in [-0.05, 0) is 23.8 Å². The fraction of sp³-hybridized carbons (Fsp3) is 0.136. The number of nitrogens with one attached hydrogen (secondary N) is 2. The summed E-state index contributed by atoms with van der Waals surface area (Å²) in [5.41, 5.74) is 6.77. The number of rotatable bonds is 9. The van der Waals surface area contributed by atoms with Gasteiger partial charge < -0.3 is 25.9 Å². The Labute approximate surface area is 202 Å². The van der Waals surface area contributed by atoms with Crippen LogP contribution in [0.1, 0.15) is 34.3 Å². The topological polar surface area (TPSA) is 152 Å². The number of halogens is 3. The van der Waals surface area contributed by atoms with Crippen molar-refractivity contribution in [1.29, 1.82) is 0 Å². The summed E-state index contributed by atoms with van der Waals surface area (Å²) >= 11 is 6.10. The third kappa shape index (κ3) is 5.50. The normalized spacial score (nSPS) is 11.9. The van der Waals surface area contributed by atoms with Gasteiger partial charge in [0.1, 0.15) is 5.82 Å². The van der Waals surface area contributed by atoms with Crippen LogP contribution in [0, 0.1) is 0 Å². The number of carbonyl (C=O) groups excluding carboxylic acids is 1. The minimum Gasteiger partial charge on any atom is -0.415 e. The molecule has 0 bridgehead atoms. The molecule has 0 saturated heterocycles. The maximum Gasteiger partial charge on any atom is 0.314 e. The van der Waals surface area contributed by atoms with Crippen molar-refractivity contribution in [3.63, 3.8) is 0 Å². The minimum absolute atomic E-state index is 0.0949. The van der Waals surface area contributed by atoms with Gasteiger partial charge in [0.2, 0.25) is 11.9 Å². The molecule has 0 radical (unpaired) electrons. The first-order chi connectivity index (χ1) is 16.9. The van der Waals surface area contributed by atoms with Crippen LogP contribution in [-0.2, 0) is 0 Å². The second-order valence-corrected chi connectivity index (χ2v) is 7.58. The third-order valence-electron chi connectivity index (χ3n) is 4.83. The van der Waals surface area contributed by atoms with Gasteiger partial charge in [0, 0.05) is 11.9 Å². The molecule has 180 valence electrons. The van der Waals surface area contributed by atoms with Crippen molar-refractivity contribution in [2.24, 2.45) is 5.73 Å². The Morgan fingerprint density at radius 3 is 2.57 bits per heavy atom. The maximum atomic E-state index is 13.0. The highest BCUT2D eigenvalue weighted by Gasteiger charge is 2.22. The number of primary amides is 1. The fourth-order valence-corrected chi connectivity index (χ4v) is 3.42. The molecule has 0 aliphatic heterocycles. The molecule has 10 nitrogen and oxygen atoms in total. The highest BCUT2D eigenvalue weighted by Crippen LogP contribution is 2.31. The average Bonchev–Trinajstić information content (AvgIpc) is 3.33. The lowest BCUT2D eigenvalue weighted by molar-refractivity contribution is 0.100. The number of anilines is 3. The van der Waals surface area contributed by atoms with Gasteiger partial charge in [0.25, 0.3) is 11.8 Å². The average molecular weight is 502 g/mol. The number of hydrogen-bond donors (Lipinski definition) is 4. The Morgan fingerprint density at radius 2 is 1.94 bits per heavy atom. The van der Waals surface area contributed by atoms with E-state index < -0.39 is 24.3 Å². The van der Waals surface area contributed by atoms with E-state index in [9.17, 15) is 18.7 Å². The lowest BCUT2D eigenvalue weighted by atomic mass is 10.1. The minimum atomic E-state index is -2.95. The SMILES string of the molecule is NC(=O)c1ccc(Nc2ncc(-c3nnc(C(F)F)o3)c(N[C@H](CO)c3ccccc3)n2)cc1Cl. The highest BCUT2D eigenvalue weighted by molar-refractivity contribution is 6.34. The van der Waals surface area contributed by atoms with Gasteiger partial charge in [0.15, 0.2) is 0 Å². The number of hydrogen-bond acceptors (Lipinski definition) is 9. The first-order valence-electron chi connectivity index (χ1n) is 10.1. The maximum absolute atomic E-state index is 13.0. The summed E-state index contributed by atoms with van der Waals surface area (Å²) in [6.45, 7) is -0.299. The van der Waals surface area contributed by atoms with Crippen LogP contribution >= 0.6 is 11.6 Å². The molecular formula is C22H18ClF2N7O3. The number of aromatic nitrogens is 4. The van der Waals surface area contributed by atoms with Crippen LogP contribution in [0.2, 0.25) is 5.02 Å². The number of carbonyl (C=O) groups is 1. The molecule has 0 aliphatic rings. The van der Waals surface area contributed by atoms with E-state index in [1.54, 1.807) is 30.3 Å². The Kier molecular flexibility index (Phi) is 7.13. The van der Waals surface area contributed by atoms with E-state index >= 15 is 0 Å². The molecule has 0 saturated carbocycles. The van der Waals surface area contributed by atoms with E-state index in [0.29, 0.717) is 5.69 Å². The Balaban J connectivity index is 1.70. The Bertz CT molecular complexity index is 1340. The highest BCUT2D eigenvalue weighted by atomic mass is 35.5. The Hall–Kier alpha value is -4.16. The summed E-state index contributed by atoms with van der Waals surface area (Å²) in [5, 5.41) is 23.1. The zero-order chi connectivity index (χ0) is 24.9. The summed E-state index contributed by atoms with van der Waals surface area (Å²) in [5.74, 6) is -1.52. The van der Waals surface area contributed by atoms with Crippen molar-refractivity contribution in [3.8, 4) is 11.5 Å².